The SMILES string of the molecule is O=C(NCCC#Cc1ccccc1F)OCc1ccccc1. The fourth-order valence-electron chi connectivity index (χ4n) is 1.72. The van der Waals surface area contributed by atoms with Crippen LogP contribution in [0.3, 0.4) is 0 Å². The van der Waals surface area contributed by atoms with Gasteiger partial charge in [0.15, 0.2) is 0 Å². The van der Waals surface area contributed by atoms with Crippen molar-refractivity contribution in [2.75, 3.05) is 6.54 Å². The van der Waals surface area contributed by atoms with E-state index in [1.54, 1.807) is 18.2 Å². The molecule has 0 aliphatic carbocycles. The average Bonchev–Trinajstić information content (AvgIpc) is 2.55. The van der Waals surface area contributed by atoms with Crippen molar-refractivity contribution >= 4 is 6.09 Å². The number of carbonyl (C=O) groups excluding carboxylic acids is 1. The van der Waals surface area contributed by atoms with Crippen molar-refractivity contribution < 1.29 is 13.9 Å². The Morgan fingerprint density at radius 3 is 2.59 bits per heavy atom. The second kappa shape index (κ2) is 8.48. The van der Waals surface area contributed by atoms with Gasteiger partial charge in [-0.1, -0.05) is 54.3 Å². The van der Waals surface area contributed by atoms with Crippen LogP contribution < -0.4 is 5.32 Å². The lowest BCUT2D eigenvalue weighted by molar-refractivity contribution is 0.140. The topological polar surface area (TPSA) is 38.3 Å². The highest BCUT2D eigenvalue weighted by Gasteiger charge is 2.00. The fourth-order valence-corrected chi connectivity index (χ4v) is 1.72. The van der Waals surface area contributed by atoms with Gasteiger partial charge in [0.2, 0.25) is 0 Å². The van der Waals surface area contributed by atoms with Gasteiger partial charge in [0.05, 0.1) is 5.56 Å². The van der Waals surface area contributed by atoms with Crippen molar-refractivity contribution in [2.24, 2.45) is 0 Å². The third kappa shape index (κ3) is 5.29. The predicted octanol–water partition coefficient (Wildman–Crippen LogP) is 3.49. The molecule has 0 saturated carbocycles. The van der Waals surface area contributed by atoms with Crippen molar-refractivity contribution in [1.29, 1.82) is 0 Å². The van der Waals surface area contributed by atoms with E-state index in [4.69, 9.17) is 4.74 Å². The Kier molecular flexibility index (Phi) is 6.01. The molecule has 0 atom stereocenters. The molecule has 2 rings (SSSR count). The molecule has 0 spiro atoms. The van der Waals surface area contributed by atoms with Crippen LogP contribution in [-0.4, -0.2) is 12.6 Å². The Morgan fingerprint density at radius 2 is 1.82 bits per heavy atom. The molecule has 4 heteroatoms. The van der Waals surface area contributed by atoms with Crippen molar-refractivity contribution in [3.8, 4) is 11.8 Å². The summed E-state index contributed by atoms with van der Waals surface area (Å²) in [5.74, 6) is 5.20. The molecule has 0 unspecified atom stereocenters. The van der Waals surface area contributed by atoms with Crippen LogP contribution in [0, 0.1) is 17.7 Å². The van der Waals surface area contributed by atoms with Gasteiger partial charge in [-0.25, -0.2) is 9.18 Å². The first-order valence-electron chi connectivity index (χ1n) is 6.93. The largest absolute Gasteiger partial charge is 0.445 e. The Hall–Kier alpha value is -2.80. The van der Waals surface area contributed by atoms with Crippen molar-refractivity contribution in [3.63, 3.8) is 0 Å². The summed E-state index contributed by atoms with van der Waals surface area (Å²) in [7, 11) is 0. The van der Waals surface area contributed by atoms with Crippen LogP contribution in [0.2, 0.25) is 0 Å². The lowest BCUT2D eigenvalue weighted by Gasteiger charge is -2.05. The van der Waals surface area contributed by atoms with E-state index < -0.39 is 6.09 Å². The van der Waals surface area contributed by atoms with Crippen molar-refractivity contribution in [2.45, 2.75) is 13.0 Å². The quantitative estimate of drug-likeness (QED) is 0.693. The summed E-state index contributed by atoms with van der Waals surface area (Å²) in [5.41, 5.74) is 1.28. The van der Waals surface area contributed by atoms with Crippen LogP contribution in [0.4, 0.5) is 9.18 Å². The smallest absolute Gasteiger partial charge is 0.407 e. The standard InChI is InChI=1S/C18H16FNO2/c19-17-12-5-4-10-16(17)11-6-7-13-20-18(21)22-14-15-8-2-1-3-9-15/h1-5,8-10,12H,7,13-14H2,(H,20,21). The number of alkyl carbamates (subject to hydrolysis) is 1. The van der Waals surface area contributed by atoms with E-state index in [1.165, 1.54) is 6.07 Å². The molecule has 0 bridgehead atoms. The molecule has 0 heterocycles. The second-order valence-corrected chi connectivity index (χ2v) is 4.52. The van der Waals surface area contributed by atoms with Gasteiger partial charge in [0.1, 0.15) is 12.4 Å². The van der Waals surface area contributed by atoms with Crippen LogP contribution in [0.1, 0.15) is 17.5 Å². The highest BCUT2D eigenvalue weighted by atomic mass is 19.1. The predicted molar refractivity (Wildman–Crippen MR) is 82.5 cm³/mol. The van der Waals surface area contributed by atoms with E-state index in [0.29, 0.717) is 18.5 Å². The molecular formula is C18H16FNO2. The van der Waals surface area contributed by atoms with Crippen LogP contribution in [0.25, 0.3) is 0 Å². The van der Waals surface area contributed by atoms with Gasteiger partial charge in [-0.15, -0.1) is 0 Å². The molecular weight excluding hydrogens is 281 g/mol. The Balaban J connectivity index is 1.67. The zero-order chi connectivity index (χ0) is 15.6. The molecule has 112 valence electrons. The van der Waals surface area contributed by atoms with E-state index >= 15 is 0 Å². The first-order valence-corrected chi connectivity index (χ1v) is 6.93. The molecule has 0 fully saturated rings. The number of halogens is 1. The van der Waals surface area contributed by atoms with Gasteiger partial charge in [0.25, 0.3) is 0 Å². The number of carbonyl (C=O) groups is 1. The third-order valence-electron chi connectivity index (χ3n) is 2.83. The van der Waals surface area contributed by atoms with Crippen LogP contribution >= 0.6 is 0 Å². The van der Waals surface area contributed by atoms with E-state index in [0.717, 1.165) is 5.56 Å². The number of hydrogen-bond donors (Lipinski definition) is 1. The van der Waals surface area contributed by atoms with Crippen LogP contribution in [0.15, 0.2) is 54.6 Å². The number of benzene rings is 2. The molecule has 1 amide bonds. The molecule has 0 saturated heterocycles. The summed E-state index contributed by atoms with van der Waals surface area (Å²) in [6.45, 7) is 0.586. The van der Waals surface area contributed by atoms with E-state index in [-0.39, 0.29) is 12.4 Å². The van der Waals surface area contributed by atoms with Gasteiger partial charge >= 0.3 is 6.09 Å². The molecule has 0 aromatic heterocycles. The number of ether oxygens (including phenoxy) is 1. The first kappa shape index (κ1) is 15.6. The normalized spacial score (nSPS) is 9.50. The Bertz CT molecular complexity index is 674. The molecule has 2 aromatic carbocycles. The van der Waals surface area contributed by atoms with Gasteiger partial charge in [-0.3, -0.25) is 0 Å². The molecule has 0 radical (unpaired) electrons. The van der Waals surface area contributed by atoms with Crippen molar-refractivity contribution in [1.82, 2.24) is 5.32 Å². The number of nitrogens with one attached hydrogen (secondary N) is 1. The minimum atomic E-state index is -0.489. The lowest BCUT2D eigenvalue weighted by atomic mass is 10.2. The molecule has 3 nitrogen and oxygen atoms in total. The Morgan fingerprint density at radius 1 is 1.09 bits per heavy atom. The first-order chi connectivity index (χ1) is 10.8. The monoisotopic (exact) mass is 297 g/mol. The summed E-state index contributed by atoms with van der Waals surface area (Å²) in [6.07, 6.45) is -0.0639. The average molecular weight is 297 g/mol. The van der Waals surface area contributed by atoms with E-state index in [9.17, 15) is 9.18 Å². The van der Waals surface area contributed by atoms with Gasteiger partial charge in [-0.2, -0.15) is 0 Å². The molecule has 22 heavy (non-hydrogen) atoms. The highest BCUT2D eigenvalue weighted by molar-refractivity contribution is 5.67. The molecule has 1 N–H and O–H groups in total. The lowest BCUT2D eigenvalue weighted by Crippen LogP contribution is -2.24. The number of hydrogen-bond acceptors (Lipinski definition) is 2. The van der Waals surface area contributed by atoms with E-state index in [1.807, 2.05) is 30.3 Å². The zero-order valence-corrected chi connectivity index (χ0v) is 12.0. The van der Waals surface area contributed by atoms with Gasteiger partial charge in [-0.05, 0) is 17.7 Å². The molecule has 0 aliphatic rings. The molecule has 0 aliphatic heterocycles. The third-order valence-corrected chi connectivity index (χ3v) is 2.83. The minimum Gasteiger partial charge on any atom is -0.445 e. The second-order valence-electron chi connectivity index (χ2n) is 4.52. The summed E-state index contributed by atoms with van der Waals surface area (Å²) >= 11 is 0. The summed E-state index contributed by atoms with van der Waals surface area (Å²) in [6, 6.07) is 15.8. The summed E-state index contributed by atoms with van der Waals surface area (Å²) in [4.78, 5) is 11.5. The van der Waals surface area contributed by atoms with E-state index in [2.05, 4.69) is 17.2 Å². The van der Waals surface area contributed by atoms with Crippen LogP contribution in [0.5, 0.6) is 0 Å². The zero-order valence-electron chi connectivity index (χ0n) is 12.0. The summed E-state index contributed by atoms with van der Waals surface area (Å²) < 4.78 is 18.4. The maximum Gasteiger partial charge on any atom is 0.407 e. The van der Waals surface area contributed by atoms with Crippen molar-refractivity contribution in [3.05, 3.63) is 71.5 Å². The fraction of sp³-hybridized carbons (Fsp3) is 0.167. The number of rotatable bonds is 4. The maximum absolute atomic E-state index is 13.3. The highest BCUT2D eigenvalue weighted by Crippen LogP contribution is 2.03. The molecule has 2 aromatic rings. The number of amides is 1. The van der Waals surface area contributed by atoms with Gasteiger partial charge in [0, 0.05) is 13.0 Å². The maximum atomic E-state index is 13.3. The minimum absolute atomic E-state index is 0.230. The Labute approximate surface area is 129 Å². The van der Waals surface area contributed by atoms with Crippen LogP contribution in [-0.2, 0) is 11.3 Å². The van der Waals surface area contributed by atoms with Gasteiger partial charge < -0.3 is 10.1 Å². The summed E-state index contributed by atoms with van der Waals surface area (Å²) in [5, 5.41) is 2.60.